The smallest absolute Gasteiger partial charge is 0.381 e. The summed E-state index contributed by atoms with van der Waals surface area (Å²) in [5, 5.41) is 2.94. The summed E-state index contributed by atoms with van der Waals surface area (Å²) in [6.07, 6.45) is -0.361. The van der Waals surface area contributed by atoms with Crippen LogP contribution in [0.15, 0.2) is 0 Å². The van der Waals surface area contributed by atoms with Gasteiger partial charge in [-0.05, 0) is 38.1 Å². The highest BCUT2D eigenvalue weighted by Crippen LogP contribution is 2.29. The third-order valence-electron chi connectivity index (χ3n) is 5.04. The number of urea groups is 1. The number of carbonyl (C=O) groups excluding carboxylic acids is 1. The van der Waals surface area contributed by atoms with Crippen molar-refractivity contribution in [3.05, 3.63) is 0 Å². The molecule has 2 unspecified atom stereocenters. The molecule has 3 fully saturated rings. The van der Waals surface area contributed by atoms with Gasteiger partial charge in [0.1, 0.15) is 0 Å². The standard InChI is InChI=1S/C16H26F3N3O2/c17-16(18,19)11-21-5-3-12(8-21)7-20-15(23)22(14-1-2-14)9-13-4-6-24-10-13/h12-14H,1-11H2,(H,20,23). The second-order valence-electron chi connectivity index (χ2n) is 7.30. The molecule has 2 amide bonds. The monoisotopic (exact) mass is 349 g/mol. The first kappa shape index (κ1) is 17.8. The van der Waals surface area contributed by atoms with Crippen molar-refractivity contribution in [1.82, 2.24) is 15.1 Å². The van der Waals surface area contributed by atoms with Crippen LogP contribution in [0.3, 0.4) is 0 Å². The molecule has 2 aliphatic heterocycles. The van der Waals surface area contributed by atoms with Gasteiger partial charge in [0.05, 0.1) is 13.2 Å². The average molecular weight is 349 g/mol. The van der Waals surface area contributed by atoms with E-state index in [0.29, 0.717) is 44.6 Å². The second kappa shape index (κ2) is 7.47. The molecule has 3 aliphatic rings. The minimum absolute atomic E-state index is 0.0707. The number of nitrogens with zero attached hydrogens (tertiary/aromatic N) is 2. The quantitative estimate of drug-likeness (QED) is 0.799. The first-order valence-electron chi connectivity index (χ1n) is 8.82. The maximum Gasteiger partial charge on any atom is 0.401 e. The minimum atomic E-state index is -4.15. The molecule has 1 saturated carbocycles. The maximum atomic E-state index is 12.5. The lowest BCUT2D eigenvalue weighted by Gasteiger charge is -2.26. The highest BCUT2D eigenvalue weighted by molar-refractivity contribution is 5.75. The van der Waals surface area contributed by atoms with Crippen LogP contribution in [0.5, 0.6) is 0 Å². The molecule has 24 heavy (non-hydrogen) atoms. The first-order chi connectivity index (χ1) is 11.4. The van der Waals surface area contributed by atoms with Gasteiger partial charge in [0, 0.05) is 38.2 Å². The number of nitrogens with one attached hydrogen (secondary N) is 1. The molecule has 3 rings (SSSR count). The van der Waals surface area contributed by atoms with E-state index in [1.165, 1.54) is 4.90 Å². The van der Waals surface area contributed by atoms with Crippen LogP contribution < -0.4 is 5.32 Å². The van der Waals surface area contributed by atoms with Gasteiger partial charge in [-0.2, -0.15) is 13.2 Å². The van der Waals surface area contributed by atoms with E-state index < -0.39 is 12.7 Å². The van der Waals surface area contributed by atoms with Crippen molar-refractivity contribution in [2.24, 2.45) is 11.8 Å². The molecule has 0 aromatic heterocycles. The summed E-state index contributed by atoms with van der Waals surface area (Å²) in [4.78, 5) is 15.8. The molecule has 0 aromatic rings. The normalized spacial score (nSPS) is 28.3. The zero-order chi connectivity index (χ0) is 17.2. The van der Waals surface area contributed by atoms with E-state index in [4.69, 9.17) is 4.74 Å². The lowest BCUT2D eigenvalue weighted by atomic mass is 10.1. The Hall–Kier alpha value is -1.02. The molecule has 0 radical (unpaired) electrons. The zero-order valence-electron chi connectivity index (χ0n) is 13.9. The molecule has 2 atom stereocenters. The number of carbonyl (C=O) groups is 1. The fourth-order valence-electron chi connectivity index (χ4n) is 3.60. The van der Waals surface area contributed by atoms with E-state index >= 15 is 0 Å². The predicted molar refractivity (Wildman–Crippen MR) is 82.7 cm³/mol. The Morgan fingerprint density at radius 2 is 2.00 bits per heavy atom. The van der Waals surface area contributed by atoms with Crippen LogP contribution in [0, 0.1) is 11.8 Å². The van der Waals surface area contributed by atoms with Crippen molar-refractivity contribution in [3.63, 3.8) is 0 Å². The topological polar surface area (TPSA) is 44.8 Å². The van der Waals surface area contributed by atoms with Crippen LogP contribution in [0.1, 0.15) is 25.7 Å². The number of likely N-dealkylation sites (tertiary alicyclic amines) is 1. The molecule has 138 valence electrons. The molecule has 0 bridgehead atoms. The molecule has 1 aliphatic carbocycles. The lowest BCUT2D eigenvalue weighted by Crippen LogP contribution is -2.45. The summed E-state index contributed by atoms with van der Waals surface area (Å²) < 4.78 is 42.6. The summed E-state index contributed by atoms with van der Waals surface area (Å²) >= 11 is 0. The van der Waals surface area contributed by atoms with Crippen molar-refractivity contribution in [2.75, 3.05) is 45.9 Å². The Bertz CT molecular complexity index is 437. The first-order valence-corrected chi connectivity index (χ1v) is 8.82. The molecule has 2 heterocycles. The number of hydrogen-bond donors (Lipinski definition) is 1. The van der Waals surface area contributed by atoms with Crippen molar-refractivity contribution >= 4 is 6.03 Å². The highest BCUT2D eigenvalue weighted by atomic mass is 19.4. The van der Waals surface area contributed by atoms with E-state index in [-0.39, 0.29) is 11.9 Å². The fraction of sp³-hybridized carbons (Fsp3) is 0.938. The molecule has 0 aromatic carbocycles. The van der Waals surface area contributed by atoms with Crippen LogP contribution in [0.2, 0.25) is 0 Å². The van der Waals surface area contributed by atoms with E-state index in [2.05, 4.69) is 5.32 Å². The van der Waals surface area contributed by atoms with Crippen molar-refractivity contribution in [2.45, 2.75) is 37.9 Å². The maximum absolute atomic E-state index is 12.5. The number of halogens is 3. The Labute approximate surface area is 140 Å². The number of rotatable bonds is 6. The molecule has 0 spiro atoms. The van der Waals surface area contributed by atoms with E-state index in [0.717, 1.165) is 32.4 Å². The van der Waals surface area contributed by atoms with E-state index in [1.807, 2.05) is 4.90 Å². The van der Waals surface area contributed by atoms with Gasteiger partial charge >= 0.3 is 12.2 Å². The number of ether oxygens (including phenoxy) is 1. The second-order valence-corrected chi connectivity index (χ2v) is 7.30. The van der Waals surface area contributed by atoms with Gasteiger partial charge in [-0.3, -0.25) is 4.90 Å². The number of amides is 2. The van der Waals surface area contributed by atoms with E-state index in [1.54, 1.807) is 0 Å². The average Bonchev–Trinajstić information content (AvgIpc) is 3.03. The summed E-state index contributed by atoms with van der Waals surface area (Å²) in [6, 6.07) is 0.259. The Kier molecular flexibility index (Phi) is 5.54. The van der Waals surface area contributed by atoms with Gasteiger partial charge in [0.15, 0.2) is 0 Å². The fourth-order valence-corrected chi connectivity index (χ4v) is 3.60. The van der Waals surface area contributed by atoms with Gasteiger partial charge < -0.3 is 15.0 Å². The van der Waals surface area contributed by atoms with Crippen LogP contribution in [-0.2, 0) is 4.74 Å². The number of alkyl halides is 3. The van der Waals surface area contributed by atoms with Gasteiger partial charge in [-0.1, -0.05) is 0 Å². The summed E-state index contributed by atoms with van der Waals surface area (Å²) in [6.45, 7) is 2.66. The van der Waals surface area contributed by atoms with Gasteiger partial charge in [0.25, 0.3) is 0 Å². The van der Waals surface area contributed by atoms with Crippen LogP contribution in [0.4, 0.5) is 18.0 Å². The summed E-state index contributed by atoms with van der Waals surface area (Å²) in [5.74, 6) is 0.511. The largest absolute Gasteiger partial charge is 0.401 e. The molecule has 8 heteroatoms. The van der Waals surface area contributed by atoms with Gasteiger partial charge in [-0.15, -0.1) is 0 Å². The molecular weight excluding hydrogens is 323 g/mol. The van der Waals surface area contributed by atoms with E-state index in [9.17, 15) is 18.0 Å². The third kappa shape index (κ3) is 5.24. The predicted octanol–water partition coefficient (Wildman–Crippen LogP) is 2.08. The van der Waals surface area contributed by atoms with Crippen molar-refractivity contribution in [1.29, 1.82) is 0 Å². The molecular formula is C16H26F3N3O2. The lowest BCUT2D eigenvalue weighted by molar-refractivity contribution is -0.143. The zero-order valence-corrected chi connectivity index (χ0v) is 13.9. The van der Waals surface area contributed by atoms with Gasteiger partial charge in [-0.25, -0.2) is 4.79 Å². The van der Waals surface area contributed by atoms with Crippen molar-refractivity contribution < 1.29 is 22.7 Å². The Morgan fingerprint density at radius 1 is 1.21 bits per heavy atom. The van der Waals surface area contributed by atoms with Crippen molar-refractivity contribution in [3.8, 4) is 0 Å². The Morgan fingerprint density at radius 3 is 2.62 bits per heavy atom. The van der Waals surface area contributed by atoms with Crippen LogP contribution in [-0.4, -0.2) is 74.0 Å². The molecule has 1 N–H and O–H groups in total. The molecule has 2 saturated heterocycles. The highest BCUT2D eigenvalue weighted by Gasteiger charge is 2.36. The summed E-state index contributed by atoms with van der Waals surface area (Å²) in [7, 11) is 0. The third-order valence-corrected chi connectivity index (χ3v) is 5.04. The SMILES string of the molecule is O=C(NCC1CCN(CC(F)(F)F)C1)N(CC1CCOC1)C1CC1. The van der Waals surface area contributed by atoms with Crippen LogP contribution in [0.25, 0.3) is 0 Å². The number of hydrogen-bond acceptors (Lipinski definition) is 3. The summed E-state index contributed by atoms with van der Waals surface area (Å²) in [5.41, 5.74) is 0. The Balaban J connectivity index is 1.41. The minimum Gasteiger partial charge on any atom is -0.381 e. The molecule has 5 nitrogen and oxygen atoms in total. The van der Waals surface area contributed by atoms with Crippen LogP contribution >= 0.6 is 0 Å². The van der Waals surface area contributed by atoms with Gasteiger partial charge in [0.2, 0.25) is 0 Å².